The highest BCUT2D eigenvalue weighted by Crippen LogP contribution is 2.23. The monoisotopic (exact) mass is 289 g/mol. The lowest BCUT2D eigenvalue weighted by Gasteiger charge is -2.34. The number of hydrogen-bond acceptors (Lipinski definition) is 3. The molecule has 1 aliphatic heterocycles. The molecule has 1 fully saturated rings. The minimum absolute atomic E-state index is 0.0256. The molecule has 4 nitrogen and oxygen atoms in total. The highest BCUT2D eigenvalue weighted by molar-refractivity contribution is 5.85. The Balaban J connectivity index is 2.14. The van der Waals surface area contributed by atoms with Crippen LogP contribution in [0.3, 0.4) is 0 Å². The highest BCUT2D eigenvalue weighted by atomic mass is 16.5. The van der Waals surface area contributed by atoms with Crippen molar-refractivity contribution in [1.29, 1.82) is 0 Å². The van der Waals surface area contributed by atoms with Gasteiger partial charge in [-0.1, -0.05) is 19.1 Å². The number of aryl methyl sites for hydroxylation is 2. The van der Waals surface area contributed by atoms with E-state index in [0.29, 0.717) is 25.1 Å². The van der Waals surface area contributed by atoms with Crippen LogP contribution in [0.15, 0.2) is 18.2 Å². The van der Waals surface area contributed by atoms with Crippen molar-refractivity contribution in [3.63, 3.8) is 0 Å². The standard InChI is InChI=1S/C17H23NO3/c1-4-16(19)18-10-6-5-7-14(18)17(20)21-15-11-12(2)8-9-13(15)3/h8-9,11,14H,4-7,10H2,1-3H3. The fourth-order valence-corrected chi connectivity index (χ4v) is 2.67. The van der Waals surface area contributed by atoms with Crippen LogP contribution < -0.4 is 4.74 Å². The number of carbonyl (C=O) groups excluding carboxylic acids is 2. The molecule has 114 valence electrons. The van der Waals surface area contributed by atoms with Gasteiger partial charge in [-0.25, -0.2) is 4.79 Å². The smallest absolute Gasteiger partial charge is 0.334 e. The largest absolute Gasteiger partial charge is 0.425 e. The van der Waals surface area contributed by atoms with Gasteiger partial charge in [-0.2, -0.15) is 0 Å². The molecule has 0 bridgehead atoms. The van der Waals surface area contributed by atoms with Gasteiger partial charge in [-0.15, -0.1) is 0 Å². The van der Waals surface area contributed by atoms with Crippen molar-refractivity contribution in [2.24, 2.45) is 0 Å². The molecular formula is C17H23NO3. The maximum atomic E-state index is 12.4. The Hall–Kier alpha value is -1.84. The van der Waals surface area contributed by atoms with Crippen molar-refractivity contribution < 1.29 is 14.3 Å². The lowest BCUT2D eigenvalue weighted by atomic mass is 10.0. The van der Waals surface area contributed by atoms with Crippen LogP contribution in [0, 0.1) is 13.8 Å². The molecule has 1 amide bonds. The fraction of sp³-hybridized carbons (Fsp3) is 0.529. The molecule has 1 heterocycles. The number of hydrogen-bond donors (Lipinski definition) is 0. The molecule has 1 aromatic rings. The zero-order valence-corrected chi connectivity index (χ0v) is 13.0. The van der Waals surface area contributed by atoms with Crippen LogP contribution in [0.1, 0.15) is 43.7 Å². The Labute approximate surface area is 126 Å². The number of rotatable bonds is 3. The average molecular weight is 289 g/mol. The van der Waals surface area contributed by atoms with Gasteiger partial charge in [0.2, 0.25) is 5.91 Å². The fourth-order valence-electron chi connectivity index (χ4n) is 2.67. The number of benzene rings is 1. The van der Waals surface area contributed by atoms with Crippen LogP contribution in [0.2, 0.25) is 0 Å². The van der Waals surface area contributed by atoms with Gasteiger partial charge in [0.25, 0.3) is 0 Å². The second-order valence-corrected chi connectivity index (χ2v) is 5.64. The zero-order valence-electron chi connectivity index (χ0n) is 13.0. The topological polar surface area (TPSA) is 46.6 Å². The van der Waals surface area contributed by atoms with Crippen molar-refractivity contribution in [1.82, 2.24) is 4.90 Å². The van der Waals surface area contributed by atoms with E-state index in [1.165, 1.54) is 0 Å². The SMILES string of the molecule is CCC(=O)N1CCCCC1C(=O)Oc1cc(C)ccc1C. The number of piperidine rings is 1. The van der Waals surface area contributed by atoms with Gasteiger partial charge < -0.3 is 9.64 Å². The van der Waals surface area contributed by atoms with E-state index in [9.17, 15) is 9.59 Å². The third kappa shape index (κ3) is 3.63. The van der Waals surface area contributed by atoms with Crippen LogP contribution in [0.5, 0.6) is 5.75 Å². The minimum atomic E-state index is -0.439. The van der Waals surface area contributed by atoms with E-state index in [1.807, 2.05) is 39.0 Å². The maximum absolute atomic E-state index is 12.4. The van der Waals surface area contributed by atoms with Gasteiger partial charge in [0.1, 0.15) is 11.8 Å². The molecular weight excluding hydrogens is 266 g/mol. The third-order valence-electron chi connectivity index (χ3n) is 3.95. The number of amides is 1. The van der Waals surface area contributed by atoms with Crippen molar-refractivity contribution in [2.45, 2.75) is 52.5 Å². The molecule has 2 rings (SSSR count). The van der Waals surface area contributed by atoms with E-state index >= 15 is 0 Å². The van der Waals surface area contributed by atoms with E-state index in [0.717, 1.165) is 24.0 Å². The molecule has 0 spiro atoms. The first-order chi connectivity index (χ1) is 10.0. The summed E-state index contributed by atoms with van der Waals surface area (Å²) < 4.78 is 5.56. The first kappa shape index (κ1) is 15.5. The van der Waals surface area contributed by atoms with E-state index in [4.69, 9.17) is 4.74 Å². The van der Waals surface area contributed by atoms with Gasteiger partial charge in [-0.3, -0.25) is 4.79 Å². The molecule has 1 aromatic carbocycles. The molecule has 1 aliphatic rings. The molecule has 1 atom stereocenters. The van der Waals surface area contributed by atoms with E-state index < -0.39 is 6.04 Å². The second kappa shape index (κ2) is 6.74. The molecule has 0 aromatic heterocycles. The van der Waals surface area contributed by atoms with Crippen LogP contribution in [-0.4, -0.2) is 29.4 Å². The average Bonchev–Trinajstić information content (AvgIpc) is 2.50. The quantitative estimate of drug-likeness (QED) is 0.635. The van der Waals surface area contributed by atoms with Crippen LogP contribution in [0.25, 0.3) is 0 Å². The maximum Gasteiger partial charge on any atom is 0.334 e. The van der Waals surface area contributed by atoms with Crippen LogP contribution in [0.4, 0.5) is 0 Å². The number of carbonyl (C=O) groups is 2. The molecule has 0 N–H and O–H groups in total. The lowest BCUT2D eigenvalue weighted by Crippen LogP contribution is -2.49. The van der Waals surface area contributed by atoms with Crippen molar-refractivity contribution in [3.8, 4) is 5.75 Å². The van der Waals surface area contributed by atoms with Crippen LogP contribution in [-0.2, 0) is 9.59 Å². The summed E-state index contributed by atoms with van der Waals surface area (Å²) >= 11 is 0. The molecule has 21 heavy (non-hydrogen) atoms. The normalized spacial score (nSPS) is 18.4. The Morgan fingerprint density at radius 2 is 2.05 bits per heavy atom. The first-order valence-electron chi connectivity index (χ1n) is 7.61. The van der Waals surface area contributed by atoms with E-state index in [2.05, 4.69) is 0 Å². The predicted octanol–water partition coefficient (Wildman–Crippen LogP) is 3.00. The Bertz CT molecular complexity index is 539. The van der Waals surface area contributed by atoms with Gasteiger partial charge in [0.05, 0.1) is 0 Å². The molecule has 1 saturated heterocycles. The highest BCUT2D eigenvalue weighted by Gasteiger charge is 2.32. The number of nitrogens with zero attached hydrogens (tertiary/aromatic N) is 1. The van der Waals surface area contributed by atoms with E-state index in [-0.39, 0.29) is 11.9 Å². The van der Waals surface area contributed by atoms with Crippen LogP contribution >= 0.6 is 0 Å². The Morgan fingerprint density at radius 1 is 1.29 bits per heavy atom. The van der Waals surface area contributed by atoms with Gasteiger partial charge in [0, 0.05) is 13.0 Å². The number of esters is 1. The molecule has 0 saturated carbocycles. The summed E-state index contributed by atoms with van der Waals surface area (Å²) in [6, 6.07) is 5.35. The zero-order chi connectivity index (χ0) is 15.4. The van der Waals surface area contributed by atoms with E-state index in [1.54, 1.807) is 4.90 Å². The van der Waals surface area contributed by atoms with Gasteiger partial charge in [0.15, 0.2) is 0 Å². The summed E-state index contributed by atoms with van der Waals surface area (Å²) in [6.07, 6.45) is 3.03. The summed E-state index contributed by atoms with van der Waals surface area (Å²) in [6.45, 7) is 6.35. The van der Waals surface area contributed by atoms with Crippen molar-refractivity contribution in [2.75, 3.05) is 6.54 Å². The molecule has 4 heteroatoms. The molecule has 1 unspecified atom stereocenters. The second-order valence-electron chi connectivity index (χ2n) is 5.64. The minimum Gasteiger partial charge on any atom is -0.425 e. The lowest BCUT2D eigenvalue weighted by molar-refractivity contribution is -0.149. The van der Waals surface area contributed by atoms with Crippen molar-refractivity contribution in [3.05, 3.63) is 29.3 Å². The Kier molecular flexibility index (Phi) is 4.99. The van der Waals surface area contributed by atoms with Gasteiger partial charge >= 0.3 is 5.97 Å². The summed E-state index contributed by atoms with van der Waals surface area (Å²) in [5, 5.41) is 0. The summed E-state index contributed by atoms with van der Waals surface area (Å²) in [4.78, 5) is 26.1. The Morgan fingerprint density at radius 3 is 2.76 bits per heavy atom. The summed E-state index contributed by atoms with van der Waals surface area (Å²) in [5.41, 5.74) is 1.98. The van der Waals surface area contributed by atoms with Gasteiger partial charge in [-0.05, 0) is 50.3 Å². The van der Waals surface area contributed by atoms with Crippen molar-refractivity contribution >= 4 is 11.9 Å². The summed E-state index contributed by atoms with van der Waals surface area (Å²) in [7, 11) is 0. The molecule has 0 aliphatic carbocycles. The molecule has 0 radical (unpaired) electrons. The summed E-state index contributed by atoms with van der Waals surface area (Å²) in [5.74, 6) is 0.303. The third-order valence-corrected chi connectivity index (χ3v) is 3.95. The first-order valence-corrected chi connectivity index (χ1v) is 7.61. The predicted molar refractivity (Wildman–Crippen MR) is 81.2 cm³/mol. The number of likely N-dealkylation sites (tertiary alicyclic amines) is 1. The number of ether oxygens (including phenoxy) is 1.